The maximum absolute atomic E-state index is 13.4. The van der Waals surface area contributed by atoms with Crippen LogP contribution in [0.15, 0.2) is 42.6 Å². The zero-order chi connectivity index (χ0) is 24.0. The van der Waals surface area contributed by atoms with Crippen LogP contribution in [0.5, 0.6) is 0 Å². The smallest absolute Gasteiger partial charge is 0.327 e. The standard InChI is InChI=1S/C27H36N6O2/c34-26-22-10-3-4-12-24(22)33(25-23(30-26)11-7-13-28-25)27(35)29-14-18-32-17-8-9-21(20-32)19-31-15-5-1-2-6-16-31/h3-4,7,10-13,21H,1-2,5-6,8-9,14-20H2,(H,29,35)(H,30,34). The van der Waals surface area contributed by atoms with Crippen molar-refractivity contribution in [3.05, 3.63) is 48.2 Å². The fourth-order valence-electron chi connectivity index (χ4n) is 5.63. The van der Waals surface area contributed by atoms with Crippen LogP contribution in [0.25, 0.3) is 0 Å². The van der Waals surface area contributed by atoms with Crippen molar-refractivity contribution in [3.63, 3.8) is 0 Å². The van der Waals surface area contributed by atoms with E-state index in [0.717, 1.165) is 19.6 Å². The van der Waals surface area contributed by atoms with E-state index in [1.165, 1.54) is 63.1 Å². The molecule has 2 fully saturated rings. The van der Waals surface area contributed by atoms with Gasteiger partial charge in [0.2, 0.25) is 0 Å². The Balaban J connectivity index is 1.20. The first-order chi connectivity index (χ1) is 17.2. The third kappa shape index (κ3) is 5.65. The van der Waals surface area contributed by atoms with Crippen molar-refractivity contribution in [3.8, 4) is 0 Å². The summed E-state index contributed by atoms with van der Waals surface area (Å²) < 4.78 is 0. The summed E-state index contributed by atoms with van der Waals surface area (Å²) in [7, 11) is 0. The van der Waals surface area contributed by atoms with Gasteiger partial charge < -0.3 is 20.4 Å². The van der Waals surface area contributed by atoms with Crippen LogP contribution in [0.2, 0.25) is 0 Å². The lowest BCUT2D eigenvalue weighted by Gasteiger charge is -2.35. The Morgan fingerprint density at radius 3 is 2.66 bits per heavy atom. The Hall–Kier alpha value is -2.97. The van der Waals surface area contributed by atoms with E-state index < -0.39 is 0 Å². The van der Waals surface area contributed by atoms with Gasteiger partial charge >= 0.3 is 6.03 Å². The van der Waals surface area contributed by atoms with Crippen molar-refractivity contribution < 1.29 is 9.59 Å². The SMILES string of the molecule is O=C1Nc2cccnc2N(C(=O)NCCN2CCCC(CN3CCCCCC3)C2)c2ccccc21. The van der Waals surface area contributed by atoms with E-state index in [1.54, 1.807) is 36.5 Å². The topological polar surface area (TPSA) is 80.8 Å². The van der Waals surface area contributed by atoms with Crippen molar-refractivity contribution in [2.75, 3.05) is 56.0 Å². The minimum atomic E-state index is -0.271. The van der Waals surface area contributed by atoms with E-state index in [2.05, 4.69) is 25.4 Å². The molecule has 3 aliphatic heterocycles. The molecule has 0 bridgehead atoms. The number of anilines is 3. The molecule has 0 radical (unpaired) electrons. The predicted molar refractivity (Wildman–Crippen MR) is 138 cm³/mol. The summed E-state index contributed by atoms with van der Waals surface area (Å²) in [5, 5.41) is 5.96. The predicted octanol–water partition coefficient (Wildman–Crippen LogP) is 4.08. The van der Waals surface area contributed by atoms with E-state index in [4.69, 9.17) is 0 Å². The Morgan fingerprint density at radius 1 is 1.00 bits per heavy atom. The van der Waals surface area contributed by atoms with Crippen LogP contribution in [-0.4, -0.2) is 72.5 Å². The Labute approximate surface area is 207 Å². The van der Waals surface area contributed by atoms with Gasteiger partial charge in [0.15, 0.2) is 5.82 Å². The first-order valence-corrected chi connectivity index (χ1v) is 13.1. The molecule has 186 valence electrons. The van der Waals surface area contributed by atoms with Gasteiger partial charge in [0, 0.05) is 32.4 Å². The summed E-state index contributed by atoms with van der Waals surface area (Å²) in [4.78, 5) is 37.2. The number of amides is 3. The number of para-hydroxylation sites is 1. The van der Waals surface area contributed by atoms with Crippen molar-refractivity contribution in [1.82, 2.24) is 20.1 Å². The summed E-state index contributed by atoms with van der Waals surface area (Å²) in [6.45, 7) is 7.26. The second kappa shape index (κ2) is 11.2. The fourth-order valence-corrected chi connectivity index (χ4v) is 5.63. The second-order valence-electron chi connectivity index (χ2n) is 9.94. The first kappa shape index (κ1) is 23.8. The van der Waals surface area contributed by atoms with E-state index in [0.29, 0.717) is 35.2 Å². The van der Waals surface area contributed by atoms with E-state index in [1.807, 2.05) is 6.07 Å². The highest BCUT2D eigenvalue weighted by atomic mass is 16.2. The zero-order valence-corrected chi connectivity index (χ0v) is 20.4. The monoisotopic (exact) mass is 476 g/mol. The van der Waals surface area contributed by atoms with Gasteiger partial charge in [0.05, 0.1) is 16.9 Å². The van der Waals surface area contributed by atoms with Crippen molar-refractivity contribution in [1.29, 1.82) is 0 Å². The molecule has 35 heavy (non-hydrogen) atoms. The molecule has 0 saturated carbocycles. The van der Waals surface area contributed by atoms with Gasteiger partial charge in [0.25, 0.3) is 5.91 Å². The van der Waals surface area contributed by atoms with Crippen LogP contribution in [-0.2, 0) is 0 Å². The average Bonchev–Trinajstić information content (AvgIpc) is 3.20. The Bertz CT molecular complexity index is 1040. The summed E-state index contributed by atoms with van der Waals surface area (Å²) in [6.07, 6.45) is 9.57. The molecule has 4 heterocycles. The number of carbonyl (C=O) groups excluding carboxylic acids is 2. The quantitative estimate of drug-likeness (QED) is 0.680. The van der Waals surface area contributed by atoms with Crippen LogP contribution >= 0.6 is 0 Å². The highest BCUT2D eigenvalue weighted by molar-refractivity contribution is 6.16. The molecular formula is C27H36N6O2. The third-order valence-corrected chi connectivity index (χ3v) is 7.36. The van der Waals surface area contributed by atoms with Gasteiger partial charge in [-0.25, -0.2) is 14.7 Å². The molecule has 1 aromatic heterocycles. The number of nitrogens with one attached hydrogen (secondary N) is 2. The summed E-state index contributed by atoms with van der Waals surface area (Å²) in [5.74, 6) is 0.899. The van der Waals surface area contributed by atoms with E-state index >= 15 is 0 Å². The number of piperidine rings is 1. The number of benzene rings is 1. The maximum atomic E-state index is 13.4. The summed E-state index contributed by atoms with van der Waals surface area (Å²) in [5.41, 5.74) is 1.51. The lowest BCUT2D eigenvalue weighted by molar-refractivity contribution is 0.102. The number of pyridine rings is 1. The lowest BCUT2D eigenvalue weighted by Crippen LogP contribution is -2.45. The molecule has 0 aliphatic carbocycles. The number of nitrogens with zero attached hydrogens (tertiary/aromatic N) is 4. The van der Waals surface area contributed by atoms with Gasteiger partial charge in [-0.3, -0.25) is 4.79 Å². The highest BCUT2D eigenvalue weighted by Crippen LogP contribution is 2.36. The molecule has 1 atom stereocenters. The van der Waals surface area contributed by atoms with Crippen molar-refractivity contribution in [2.45, 2.75) is 38.5 Å². The number of hydrogen-bond acceptors (Lipinski definition) is 5. The molecule has 1 unspecified atom stereocenters. The molecule has 3 aliphatic rings. The maximum Gasteiger partial charge on any atom is 0.327 e. The number of fused-ring (bicyclic) bond motifs is 2. The molecule has 1 aromatic carbocycles. The minimum Gasteiger partial charge on any atom is -0.336 e. The number of hydrogen-bond donors (Lipinski definition) is 2. The number of urea groups is 1. The van der Waals surface area contributed by atoms with Gasteiger partial charge in [0.1, 0.15) is 0 Å². The number of rotatable bonds is 5. The molecule has 2 N–H and O–H groups in total. The first-order valence-electron chi connectivity index (χ1n) is 13.1. The van der Waals surface area contributed by atoms with E-state index in [9.17, 15) is 9.59 Å². The molecule has 0 spiro atoms. The van der Waals surface area contributed by atoms with Crippen LogP contribution in [0.3, 0.4) is 0 Å². The van der Waals surface area contributed by atoms with Crippen molar-refractivity contribution >= 4 is 29.1 Å². The van der Waals surface area contributed by atoms with Crippen LogP contribution in [0.1, 0.15) is 48.9 Å². The largest absolute Gasteiger partial charge is 0.336 e. The Morgan fingerprint density at radius 2 is 1.80 bits per heavy atom. The highest BCUT2D eigenvalue weighted by Gasteiger charge is 2.30. The number of aromatic nitrogens is 1. The normalized spacial score (nSPS) is 21.3. The molecule has 8 heteroatoms. The van der Waals surface area contributed by atoms with Crippen molar-refractivity contribution in [2.24, 2.45) is 5.92 Å². The number of carbonyl (C=O) groups is 2. The number of likely N-dealkylation sites (tertiary alicyclic amines) is 2. The fraction of sp³-hybridized carbons (Fsp3) is 0.519. The molecule has 3 amide bonds. The van der Waals surface area contributed by atoms with Crippen LogP contribution in [0.4, 0.5) is 22.0 Å². The molecule has 2 saturated heterocycles. The molecular weight excluding hydrogens is 440 g/mol. The summed E-state index contributed by atoms with van der Waals surface area (Å²) >= 11 is 0. The molecule has 5 rings (SSSR count). The lowest BCUT2D eigenvalue weighted by atomic mass is 9.97. The molecule has 8 nitrogen and oxygen atoms in total. The minimum absolute atomic E-state index is 0.242. The van der Waals surface area contributed by atoms with Crippen LogP contribution < -0.4 is 15.5 Å². The van der Waals surface area contributed by atoms with Gasteiger partial charge in [-0.1, -0.05) is 25.0 Å². The van der Waals surface area contributed by atoms with Gasteiger partial charge in [-0.05, 0) is 75.5 Å². The van der Waals surface area contributed by atoms with Crippen LogP contribution in [0, 0.1) is 5.92 Å². The third-order valence-electron chi connectivity index (χ3n) is 7.36. The van der Waals surface area contributed by atoms with Gasteiger partial charge in [-0.15, -0.1) is 0 Å². The zero-order valence-electron chi connectivity index (χ0n) is 20.4. The van der Waals surface area contributed by atoms with E-state index in [-0.39, 0.29) is 11.9 Å². The summed E-state index contributed by atoms with van der Waals surface area (Å²) in [6, 6.07) is 10.4. The molecule has 2 aromatic rings. The Kier molecular flexibility index (Phi) is 7.59. The second-order valence-corrected chi connectivity index (χ2v) is 9.94. The average molecular weight is 477 g/mol. The van der Waals surface area contributed by atoms with Gasteiger partial charge in [-0.2, -0.15) is 0 Å².